The zero-order chi connectivity index (χ0) is 17.5. The van der Waals surface area contributed by atoms with Crippen LogP contribution < -0.4 is 4.31 Å². The summed E-state index contributed by atoms with van der Waals surface area (Å²) in [4.78, 5) is 14.4. The minimum Gasteiger partial charge on any atom is -0.390 e. The number of piperidine rings is 1. The standard InChI is InChI=1S/C17H24N2O4S/c1-18(24(2,22)23)15-5-3-13(4-6-15)16(20)19-11-7-14(8-12-19)17(21)9-10-17/h3-6,14,21H,7-12H2,1-2H3. The predicted octanol–water partition coefficient (Wildman–Crippen LogP) is 1.46. The first-order valence-electron chi connectivity index (χ1n) is 8.26. The molecule has 2 fully saturated rings. The van der Waals surface area contributed by atoms with Crippen molar-refractivity contribution in [1.82, 2.24) is 4.90 Å². The van der Waals surface area contributed by atoms with Crippen LogP contribution in [0.2, 0.25) is 0 Å². The van der Waals surface area contributed by atoms with Gasteiger partial charge in [-0.25, -0.2) is 8.42 Å². The summed E-state index contributed by atoms with van der Waals surface area (Å²) in [5.41, 5.74) is 0.625. The predicted molar refractivity (Wildman–Crippen MR) is 92.5 cm³/mol. The molecule has 0 spiro atoms. The molecule has 6 nitrogen and oxygen atoms in total. The lowest BCUT2D eigenvalue weighted by atomic mass is 9.89. The molecular weight excluding hydrogens is 328 g/mol. The van der Waals surface area contributed by atoms with Gasteiger partial charge < -0.3 is 10.0 Å². The first-order chi connectivity index (χ1) is 11.2. The number of sulfonamides is 1. The highest BCUT2D eigenvalue weighted by Crippen LogP contribution is 2.46. The van der Waals surface area contributed by atoms with Gasteiger partial charge in [0.2, 0.25) is 10.0 Å². The summed E-state index contributed by atoms with van der Waals surface area (Å²) in [5.74, 6) is 0.275. The lowest BCUT2D eigenvalue weighted by molar-refractivity contribution is 0.0340. The Labute approximate surface area is 143 Å². The summed E-state index contributed by atoms with van der Waals surface area (Å²) in [5, 5.41) is 10.2. The molecule has 1 N–H and O–H groups in total. The molecule has 1 aliphatic carbocycles. The first-order valence-corrected chi connectivity index (χ1v) is 10.1. The van der Waals surface area contributed by atoms with Crippen molar-refractivity contribution in [3.05, 3.63) is 29.8 Å². The van der Waals surface area contributed by atoms with E-state index in [4.69, 9.17) is 0 Å². The van der Waals surface area contributed by atoms with Crippen LogP contribution in [0.15, 0.2) is 24.3 Å². The van der Waals surface area contributed by atoms with Crippen LogP contribution in [-0.4, -0.2) is 56.3 Å². The van der Waals surface area contributed by atoms with Crippen molar-refractivity contribution in [1.29, 1.82) is 0 Å². The van der Waals surface area contributed by atoms with E-state index >= 15 is 0 Å². The van der Waals surface area contributed by atoms with E-state index in [1.165, 1.54) is 11.4 Å². The largest absolute Gasteiger partial charge is 0.390 e. The fourth-order valence-corrected chi connectivity index (χ4v) is 3.85. The maximum atomic E-state index is 12.6. The highest BCUT2D eigenvalue weighted by Gasteiger charge is 2.48. The number of hydrogen-bond acceptors (Lipinski definition) is 4. The van der Waals surface area contributed by atoms with Crippen LogP contribution in [0.4, 0.5) is 5.69 Å². The van der Waals surface area contributed by atoms with Crippen LogP contribution in [0.25, 0.3) is 0 Å². The number of nitrogens with zero attached hydrogens (tertiary/aromatic N) is 2. The van der Waals surface area contributed by atoms with Crippen molar-refractivity contribution in [3.8, 4) is 0 Å². The highest BCUT2D eigenvalue weighted by atomic mass is 32.2. The van der Waals surface area contributed by atoms with E-state index in [0.29, 0.717) is 30.3 Å². The molecule has 1 aliphatic heterocycles. The van der Waals surface area contributed by atoms with E-state index in [-0.39, 0.29) is 5.91 Å². The van der Waals surface area contributed by atoms with Crippen LogP contribution in [0.1, 0.15) is 36.0 Å². The summed E-state index contributed by atoms with van der Waals surface area (Å²) in [6.45, 7) is 1.33. The van der Waals surface area contributed by atoms with Crippen molar-refractivity contribution in [3.63, 3.8) is 0 Å². The van der Waals surface area contributed by atoms with Gasteiger partial charge in [0.05, 0.1) is 17.5 Å². The summed E-state index contributed by atoms with van der Waals surface area (Å²) >= 11 is 0. The Morgan fingerprint density at radius 2 is 1.75 bits per heavy atom. The van der Waals surface area contributed by atoms with Gasteiger partial charge in [0, 0.05) is 25.7 Å². The normalized spacial score (nSPS) is 20.7. The molecule has 132 valence electrons. The van der Waals surface area contributed by atoms with Gasteiger partial charge in [-0.3, -0.25) is 9.10 Å². The molecule has 0 unspecified atom stereocenters. The van der Waals surface area contributed by atoms with Crippen LogP contribution >= 0.6 is 0 Å². The van der Waals surface area contributed by atoms with Crippen molar-refractivity contribution in [2.24, 2.45) is 5.92 Å². The van der Waals surface area contributed by atoms with Gasteiger partial charge in [0.1, 0.15) is 0 Å². The molecule has 1 saturated heterocycles. The summed E-state index contributed by atoms with van der Waals surface area (Å²) < 4.78 is 24.3. The molecule has 0 radical (unpaired) electrons. The molecule has 0 atom stereocenters. The maximum Gasteiger partial charge on any atom is 0.253 e. The van der Waals surface area contributed by atoms with Crippen LogP contribution in [0, 0.1) is 5.92 Å². The number of hydrogen-bond donors (Lipinski definition) is 1. The zero-order valence-electron chi connectivity index (χ0n) is 14.1. The zero-order valence-corrected chi connectivity index (χ0v) is 14.9. The molecule has 2 aliphatic rings. The second kappa shape index (κ2) is 6.04. The third-order valence-electron chi connectivity index (χ3n) is 5.28. The smallest absolute Gasteiger partial charge is 0.253 e. The quantitative estimate of drug-likeness (QED) is 0.890. The Kier molecular flexibility index (Phi) is 4.34. The van der Waals surface area contributed by atoms with E-state index in [0.717, 1.165) is 31.9 Å². The van der Waals surface area contributed by atoms with E-state index in [1.807, 2.05) is 4.90 Å². The number of likely N-dealkylation sites (tertiary alicyclic amines) is 1. The first kappa shape index (κ1) is 17.2. The Bertz CT molecular complexity index is 717. The Balaban J connectivity index is 1.63. The molecule has 0 aromatic heterocycles. The second-order valence-corrected chi connectivity index (χ2v) is 8.96. The van der Waals surface area contributed by atoms with Gasteiger partial charge in [-0.05, 0) is 55.9 Å². The van der Waals surface area contributed by atoms with Crippen molar-refractivity contribution >= 4 is 21.6 Å². The Hall–Kier alpha value is -1.60. The van der Waals surface area contributed by atoms with Crippen molar-refractivity contribution in [2.75, 3.05) is 30.7 Å². The second-order valence-electron chi connectivity index (χ2n) is 6.95. The molecule has 7 heteroatoms. The van der Waals surface area contributed by atoms with E-state index in [1.54, 1.807) is 24.3 Å². The molecular formula is C17H24N2O4S. The third-order valence-corrected chi connectivity index (χ3v) is 6.49. The fraction of sp³-hybridized carbons (Fsp3) is 0.588. The molecule has 1 aromatic rings. The topological polar surface area (TPSA) is 77.9 Å². The highest BCUT2D eigenvalue weighted by molar-refractivity contribution is 7.92. The number of anilines is 1. The molecule has 1 heterocycles. The average Bonchev–Trinajstić information content (AvgIpc) is 3.32. The summed E-state index contributed by atoms with van der Waals surface area (Å²) in [6.07, 6.45) is 4.61. The summed E-state index contributed by atoms with van der Waals surface area (Å²) in [6, 6.07) is 6.63. The number of rotatable bonds is 4. The molecule has 24 heavy (non-hydrogen) atoms. The van der Waals surface area contributed by atoms with E-state index < -0.39 is 15.6 Å². The maximum absolute atomic E-state index is 12.6. The minimum absolute atomic E-state index is 0.0372. The molecule has 0 bridgehead atoms. The van der Waals surface area contributed by atoms with E-state index in [9.17, 15) is 18.3 Å². The van der Waals surface area contributed by atoms with Gasteiger partial charge in [0.25, 0.3) is 5.91 Å². The number of aliphatic hydroxyl groups is 1. The van der Waals surface area contributed by atoms with Crippen LogP contribution in [0.5, 0.6) is 0 Å². The van der Waals surface area contributed by atoms with Gasteiger partial charge in [0.15, 0.2) is 0 Å². The Morgan fingerprint density at radius 3 is 2.21 bits per heavy atom. The number of carbonyl (C=O) groups excluding carboxylic acids is 1. The van der Waals surface area contributed by atoms with Crippen LogP contribution in [-0.2, 0) is 10.0 Å². The third kappa shape index (κ3) is 3.42. The van der Waals surface area contributed by atoms with Gasteiger partial charge in [-0.2, -0.15) is 0 Å². The van der Waals surface area contributed by atoms with Gasteiger partial charge in [-0.15, -0.1) is 0 Å². The number of benzene rings is 1. The molecule has 1 aromatic carbocycles. The lowest BCUT2D eigenvalue weighted by Gasteiger charge is -2.34. The van der Waals surface area contributed by atoms with Gasteiger partial charge in [-0.1, -0.05) is 0 Å². The lowest BCUT2D eigenvalue weighted by Crippen LogP contribution is -2.41. The number of carbonyl (C=O) groups is 1. The molecule has 1 amide bonds. The fourth-order valence-electron chi connectivity index (χ4n) is 3.34. The minimum atomic E-state index is -3.31. The Morgan fingerprint density at radius 1 is 1.21 bits per heavy atom. The molecule has 3 rings (SSSR count). The molecule has 1 saturated carbocycles. The number of amides is 1. The SMILES string of the molecule is CN(c1ccc(C(=O)N2CCC(C3(O)CC3)CC2)cc1)S(C)(=O)=O. The van der Waals surface area contributed by atoms with Crippen molar-refractivity contribution in [2.45, 2.75) is 31.3 Å². The van der Waals surface area contributed by atoms with E-state index in [2.05, 4.69) is 0 Å². The monoisotopic (exact) mass is 352 g/mol. The van der Waals surface area contributed by atoms with Crippen LogP contribution in [0.3, 0.4) is 0 Å². The summed E-state index contributed by atoms with van der Waals surface area (Å²) in [7, 11) is -1.82. The van der Waals surface area contributed by atoms with Gasteiger partial charge >= 0.3 is 0 Å². The average molecular weight is 352 g/mol. The van der Waals surface area contributed by atoms with Crippen molar-refractivity contribution < 1.29 is 18.3 Å².